The second-order valence-corrected chi connectivity index (χ2v) is 8.71. The van der Waals surface area contributed by atoms with Crippen molar-refractivity contribution in [3.8, 4) is 5.69 Å². The van der Waals surface area contributed by atoms with E-state index in [1.165, 1.54) is 0 Å². The molecule has 0 radical (unpaired) electrons. The molecule has 2 aliphatic heterocycles. The van der Waals surface area contributed by atoms with Gasteiger partial charge in [0.2, 0.25) is 11.9 Å². The normalized spacial score (nSPS) is 30.3. The van der Waals surface area contributed by atoms with Gasteiger partial charge in [0.1, 0.15) is 5.69 Å². The lowest BCUT2D eigenvalue weighted by Crippen LogP contribution is -2.50. The van der Waals surface area contributed by atoms with Crippen molar-refractivity contribution in [2.75, 3.05) is 24.5 Å². The Labute approximate surface area is 170 Å². The zero-order chi connectivity index (χ0) is 19.8. The number of rotatable bonds is 3. The van der Waals surface area contributed by atoms with Gasteiger partial charge in [-0.15, -0.1) is 0 Å². The van der Waals surface area contributed by atoms with Crippen molar-refractivity contribution in [2.24, 2.45) is 5.41 Å². The first-order valence-corrected chi connectivity index (χ1v) is 10.7. The Morgan fingerprint density at radius 3 is 2.59 bits per heavy atom. The predicted molar refractivity (Wildman–Crippen MR) is 108 cm³/mol. The van der Waals surface area contributed by atoms with Crippen LogP contribution in [0.1, 0.15) is 44.9 Å². The zero-order valence-corrected chi connectivity index (χ0v) is 16.7. The maximum atomic E-state index is 13.4. The number of piperidine rings is 1. The smallest absolute Gasteiger partial charge is 0.230 e. The molecule has 8 nitrogen and oxygen atoms in total. The topological polar surface area (TPSA) is 87.4 Å². The molecule has 2 aromatic rings. The highest BCUT2D eigenvalue weighted by molar-refractivity contribution is 5.86. The Hall–Kier alpha value is -2.48. The third-order valence-corrected chi connectivity index (χ3v) is 6.91. The van der Waals surface area contributed by atoms with Gasteiger partial charge in [-0.2, -0.15) is 5.10 Å². The highest BCUT2D eigenvalue weighted by atomic mass is 16.3. The van der Waals surface area contributed by atoms with Crippen molar-refractivity contribution in [1.29, 1.82) is 0 Å². The van der Waals surface area contributed by atoms with E-state index >= 15 is 0 Å². The molecule has 3 fully saturated rings. The van der Waals surface area contributed by atoms with Crippen molar-refractivity contribution < 1.29 is 9.90 Å². The molecule has 8 heteroatoms. The number of likely N-dealkylation sites (tertiary alicyclic amines) is 1. The minimum absolute atomic E-state index is 0.190. The van der Waals surface area contributed by atoms with E-state index in [2.05, 4.69) is 24.9 Å². The Balaban J connectivity index is 1.29. The maximum Gasteiger partial charge on any atom is 0.230 e. The van der Waals surface area contributed by atoms with Gasteiger partial charge >= 0.3 is 0 Å². The van der Waals surface area contributed by atoms with Crippen LogP contribution in [-0.4, -0.2) is 67.4 Å². The molecule has 4 heterocycles. The fourth-order valence-corrected chi connectivity index (χ4v) is 5.26. The number of hydrogen-bond acceptors (Lipinski definition) is 6. The van der Waals surface area contributed by atoms with Crippen LogP contribution in [0.25, 0.3) is 5.69 Å². The van der Waals surface area contributed by atoms with Crippen LogP contribution in [0, 0.1) is 5.41 Å². The number of aromatic nitrogens is 4. The number of hydrogen-bond donors (Lipinski definition) is 1. The van der Waals surface area contributed by atoms with Crippen LogP contribution in [-0.2, 0) is 4.79 Å². The summed E-state index contributed by atoms with van der Waals surface area (Å²) < 4.78 is 1.74. The van der Waals surface area contributed by atoms with Crippen molar-refractivity contribution in [3.63, 3.8) is 0 Å². The maximum absolute atomic E-state index is 13.4. The van der Waals surface area contributed by atoms with Crippen LogP contribution < -0.4 is 4.90 Å². The first kappa shape index (κ1) is 18.5. The summed E-state index contributed by atoms with van der Waals surface area (Å²) in [5, 5.41) is 14.0. The lowest BCUT2D eigenvalue weighted by atomic mass is 9.78. The average Bonchev–Trinajstić information content (AvgIpc) is 3.39. The molecule has 1 saturated carbocycles. The summed E-state index contributed by atoms with van der Waals surface area (Å²) in [6.07, 6.45) is 13.3. The number of aliphatic hydroxyl groups is 1. The molecule has 1 unspecified atom stereocenters. The van der Waals surface area contributed by atoms with Crippen LogP contribution in [0.5, 0.6) is 0 Å². The van der Waals surface area contributed by atoms with Gasteiger partial charge in [0.25, 0.3) is 0 Å². The summed E-state index contributed by atoms with van der Waals surface area (Å²) in [4.78, 5) is 26.8. The Kier molecular flexibility index (Phi) is 4.73. The Bertz CT molecular complexity index is 847. The summed E-state index contributed by atoms with van der Waals surface area (Å²) in [5.74, 6) is 0.990. The molecule has 1 N–H and O–H groups in total. The Morgan fingerprint density at radius 2 is 1.86 bits per heavy atom. The molecule has 5 rings (SSSR count). The standard InChI is InChI=1S/C21H28N6O2/c28-18-5-3-16(4-6-18)26-12-8-21(19(26)29)7-1-10-25(15-21)20-22-13-17(14-23-20)27-11-2-9-24-27/h2,9,11,13-14,16,18,28H,1,3-8,10,12,15H2/t16-,18+,21?. The van der Waals surface area contributed by atoms with Crippen LogP contribution in [0.3, 0.4) is 0 Å². The summed E-state index contributed by atoms with van der Waals surface area (Å²) in [6, 6.07) is 2.16. The van der Waals surface area contributed by atoms with Crippen LogP contribution >= 0.6 is 0 Å². The number of anilines is 1. The van der Waals surface area contributed by atoms with E-state index in [1.54, 1.807) is 23.3 Å². The molecule has 1 atom stereocenters. The van der Waals surface area contributed by atoms with E-state index in [0.717, 1.165) is 63.7 Å². The number of carbonyl (C=O) groups is 1. The molecular formula is C21H28N6O2. The lowest BCUT2D eigenvalue weighted by Gasteiger charge is -2.40. The van der Waals surface area contributed by atoms with Gasteiger partial charge in [0.05, 0.1) is 23.9 Å². The van der Waals surface area contributed by atoms with E-state index in [4.69, 9.17) is 0 Å². The SMILES string of the molecule is O=C1N([C@H]2CC[C@@H](O)CC2)CCC12CCCN(c1ncc(-n3cccn3)cn1)C2. The highest BCUT2D eigenvalue weighted by Crippen LogP contribution is 2.43. The largest absolute Gasteiger partial charge is 0.393 e. The molecule has 0 aromatic carbocycles. The van der Waals surface area contributed by atoms with Gasteiger partial charge < -0.3 is 14.9 Å². The molecule has 2 saturated heterocycles. The number of carbonyl (C=O) groups excluding carboxylic acids is 1. The van der Waals surface area contributed by atoms with Gasteiger partial charge in [-0.1, -0.05) is 0 Å². The molecule has 1 aliphatic carbocycles. The summed E-state index contributed by atoms with van der Waals surface area (Å²) >= 11 is 0. The van der Waals surface area contributed by atoms with Crippen LogP contribution in [0.2, 0.25) is 0 Å². The first-order chi connectivity index (χ1) is 14.1. The van der Waals surface area contributed by atoms with E-state index in [-0.39, 0.29) is 11.5 Å². The van der Waals surface area contributed by atoms with Gasteiger partial charge in [-0.3, -0.25) is 4.79 Å². The Morgan fingerprint density at radius 1 is 1.07 bits per heavy atom. The third-order valence-electron chi connectivity index (χ3n) is 6.91. The molecule has 1 spiro atoms. The van der Waals surface area contributed by atoms with Crippen LogP contribution in [0.15, 0.2) is 30.9 Å². The summed E-state index contributed by atoms with van der Waals surface area (Å²) in [7, 11) is 0. The van der Waals surface area contributed by atoms with Gasteiger partial charge in [0.15, 0.2) is 0 Å². The van der Waals surface area contributed by atoms with E-state index in [1.807, 2.05) is 12.3 Å². The first-order valence-electron chi connectivity index (χ1n) is 10.7. The molecule has 154 valence electrons. The average molecular weight is 396 g/mol. The molecule has 29 heavy (non-hydrogen) atoms. The molecule has 1 amide bonds. The van der Waals surface area contributed by atoms with Gasteiger partial charge in [0, 0.05) is 38.1 Å². The lowest BCUT2D eigenvalue weighted by molar-refractivity contribution is -0.139. The van der Waals surface area contributed by atoms with Crippen molar-refractivity contribution in [2.45, 2.75) is 57.1 Å². The molecular weight excluding hydrogens is 368 g/mol. The molecule has 3 aliphatic rings. The fraction of sp³-hybridized carbons (Fsp3) is 0.619. The second-order valence-electron chi connectivity index (χ2n) is 8.71. The zero-order valence-electron chi connectivity index (χ0n) is 16.7. The van der Waals surface area contributed by atoms with Crippen molar-refractivity contribution >= 4 is 11.9 Å². The minimum atomic E-state index is -0.307. The number of aliphatic hydroxyl groups excluding tert-OH is 1. The highest BCUT2D eigenvalue weighted by Gasteiger charge is 2.50. The monoisotopic (exact) mass is 396 g/mol. The van der Waals surface area contributed by atoms with E-state index < -0.39 is 0 Å². The van der Waals surface area contributed by atoms with E-state index in [9.17, 15) is 9.90 Å². The predicted octanol–water partition coefficient (Wildman–Crippen LogP) is 1.78. The number of amides is 1. The van der Waals surface area contributed by atoms with Crippen molar-refractivity contribution in [3.05, 3.63) is 30.9 Å². The fourth-order valence-electron chi connectivity index (χ4n) is 5.26. The summed E-state index contributed by atoms with van der Waals surface area (Å²) in [6.45, 7) is 2.41. The quantitative estimate of drug-likeness (QED) is 0.851. The molecule has 0 bridgehead atoms. The summed E-state index contributed by atoms with van der Waals surface area (Å²) in [5.41, 5.74) is 0.520. The molecule has 2 aromatic heterocycles. The minimum Gasteiger partial charge on any atom is -0.393 e. The van der Waals surface area contributed by atoms with Crippen molar-refractivity contribution in [1.82, 2.24) is 24.6 Å². The second kappa shape index (κ2) is 7.40. The van der Waals surface area contributed by atoms with E-state index in [0.29, 0.717) is 24.4 Å². The third kappa shape index (κ3) is 3.39. The van der Waals surface area contributed by atoms with Gasteiger partial charge in [-0.05, 0) is 51.0 Å². The van der Waals surface area contributed by atoms with Crippen LogP contribution in [0.4, 0.5) is 5.95 Å². The number of nitrogens with zero attached hydrogens (tertiary/aromatic N) is 6. The van der Waals surface area contributed by atoms with Gasteiger partial charge in [-0.25, -0.2) is 14.6 Å².